The van der Waals surface area contributed by atoms with Crippen LogP contribution in [0.5, 0.6) is 0 Å². The molecule has 0 saturated heterocycles. The van der Waals surface area contributed by atoms with E-state index < -0.39 is 0 Å². The van der Waals surface area contributed by atoms with Gasteiger partial charge in [0.25, 0.3) is 5.91 Å². The summed E-state index contributed by atoms with van der Waals surface area (Å²) < 4.78 is 15.7. The predicted octanol–water partition coefficient (Wildman–Crippen LogP) is 0.826. The van der Waals surface area contributed by atoms with Crippen molar-refractivity contribution in [3.8, 4) is 0 Å². The highest BCUT2D eigenvalue weighted by Gasteiger charge is 2.08. The molecule has 0 aliphatic heterocycles. The van der Waals surface area contributed by atoms with Crippen molar-refractivity contribution in [1.29, 1.82) is 0 Å². The summed E-state index contributed by atoms with van der Waals surface area (Å²) in [4.78, 5) is 11.1. The molecular weight excluding hydrogens is 224 g/mol. The number of ether oxygens (including phenoxy) is 2. The van der Waals surface area contributed by atoms with Crippen LogP contribution < -0.4 is 11.3 Å². The minimum Gasteiger partial charge on any atom is -0.466 e. The number of hydrogen-bond acceptors (Lipinski definition) is 5. The van der Waals surface area contributed by atoms with Crippen LogP contribution in [-0.4, -0.2) is 25.7 Å². The van der Waals surface area contributed by atoms with Gasteiger partial charge in [0.1, 0.15) is 18.6 Å². The molecule has 0 bridgehead atoms. The first kappa shape index (κ1) is 13.7. The Bertz CT molecular complexity index is 338. The normalized spacial score (nSPS) is 10.5. The maximum Gasteiger partial charge on any atom is 0.268 e. The SMILES string of the molecule is CCCOCCOCc1cc(C(=O)NN)co1. The van der Waals surface area contributed by atoms with E-state index in [1.54, 1.807) is 6.07 Å². The van der Waals surface area contributed by atoms with E-state index in [2.05, 4.69) is 0 Å². The van der Waals surface area contributed by atoms with Gasteiger partial charge in [0.2, 0.25) is 0 Å². The van der Waals surface area contributed by atoms with Crippen molar-refractivity contribution in [2.24, 2.45) is 5.84 Å². The summed E-state index contributed by atoms with van der Waals surface area (Å²) in [5.41, 5.74) is 2.41. The van der Waals surface area contributed by atoms with Crippen molar-refractivity contribution in [1.82, 2.24) is 5.43 Å². The Morgan fingerprint density at radius 3 is 2.88 bits per heavy atom. The van der Waals surface area contributed by atoms with Crippen molar-refractivity contribution in [2.45, 2.75) is 20.0 Å². The van der Waals surface area contributed by atoms with Gasteiger partial charge in [-0.1, -0.05) is 6.92 Å². The van der Waals surface area contributed by atoms with Gasteiger partial charge in [-0.25, -0.2) is 5.84 Å². The summed E-state index contributed by atoms with van der Waals surface area (Å²) in [6.45, 7) is 4.16. The van der Waals surface area contributed by atoms with E-state index in [0.29, 0.717) is 31.1 Å². The lowest BCUT2D eigenvalue weighted by molar-refractivity contribution is 0.0350. The molecule has 0 spiro atoms. The summed E-state index contributed by atoms with van der Waals surface area (Å²) in [5, 5.41) is 0. The van der Waals surface area contributed by atoms with Crippen molar-refractivity contribution in [3.63, 3.8) is 0 Å². The van der Waals surface area contributed by atoms with Gasteiger partial charge in [0.15, 0.2) is 0 Å². The molecule has 17 heavy (non-hydrogen) atoms. The first-order valence-corrected chi connectivity index (χ1v) is 5.51. The van der Waals surface area contributed by atoms with Crippen molar-refractivity contribution < 1.29 is 18.7 Å². The maximum atomic E-state index is 11.1. The molecule has 1 amide bonds. The average Bonchev–Trinajstić information content (AvgIpc) is 2.81. The van der Waals surface area contributed by atoms with Gasteiger partial charge < -0.3 is 13.9 Å². The van der Waals surface area contributed by atoms with Crippen molar-refractivity contribution in [3.05, 3.63) is 23.7 Å². The third kappa shape index (κ3) is 4.99. The van der Waals surface area contributed by atoms with Crippen LogP contribution >= 0.6 is 0 Å². The van der Waals surface area contributed by atoms with Crippen LogP contribution in [0.25, 0.3) is 0 Å². The monoisotopic (exact) mass is 242 g/mol. The van der Waals surface area contributed by atoms with Crippen LogP contribution in [0.15, 0.2) is 16.7 Å². The highest BCUT2D eigenvalue weighted by atomic mass is 16.5. The van der Waals surface area contributed by atoms with Crippen LogP contribution in [0.1, 0.15) is 29.5 Å². The lowest BCUT2D eigenvalue weighted by atomic mass is 10.3. The number of hydrogen-bond donors (Lipinski definition) is 2. The molecule has 1 aromatic rings. The van der Waals surface area contributed by atoms with Crippen LogP contribution in [0.2, 0.25) is 0 Å². The maximum absolute atomic E-state index is 11.1. The summed E-state index contributed by atoms with van der Waals surface area (Å²) in [7, 11) is 0. The third-order valence-corrected chi connectivity index (χ3v) is 2.01. The van der Waals surface area contributed by atoms with Gasteiger partial charge in [-0.15, -0.1) is 0 Å². The number of furan rings is 1. The molecule has 6 nitrogen and oxygen atoms in total. The average molecular weight is 242 g/mol. The molecule has 0 saturated carbocycles. The second-order valence-electron chi connectivity index (χ2n) is 3.44. The summed E-state index contributed by atoms with van der Waals surface area (Å²) in [6, 6.07) is 1.59. The van der Waals surface area contributed by atoms with Gasteiger partial charge in [0.05, 0.1) is 18.8 Å². The number of rotatable bonds is 8. The lowest BCUT2D eigenvalue weighted by Gasteiger charge is -2.02. The molecule has 0 radical (unpaired) electrons. The largest absolute Gasteiger partial charge is 0.466 e. The minimum atomic E-state index is -0.383. The van der Waals surface area contributed by atoms with E-state index in [9.17, 15) is 4.79 Å². The standard InChI is InChI=1S/C11H18N2O4/c1-2-3-15-4-5-16-8-10-6-9(7-17-10)11(14)13-12/h6-7H,2-5,8,12H2,1H3,(H,13,14). The van der Waals surface area contributed by atoms with Crippen LogP contribution in [0.3, 0.4) is 0 Å². The molecule has 0 unspecified atom stereocenters. The Morgan fingerprint density at radius 1 is 1.41 bits per heavy atom. The fourth-order valence-electron chi connectivity index (χ4n) is 1.20. The fourth-order valence-corrected chi connectivity index (χ4v) is 1.20. The molecule has 0 aliphatic carbocycles. The smallest absolute Gasteiger partial charge is 0.268 e. The van der Waals surface area contributed by atoms with Gasteiger partial charge in [-0.3, -0.25) is 10.2 Å². The Labute approximate surface area is 100 Å². The highest BCUT2D eigenvalue weighted by molar-refractivity contribution is 5.93. The quantitative estimate of drug-likeness (QED) is 0.305. The molecule has 0 aliphatic rings. The molecule has 3 N–H and O–H groups in total. The minimum absolute atomic E-state index is 0.313. The zero-order valence-corrected chi connectivity index (χ0v) is 9.90. The first-order chi connectivity index (χ1) is 8.27. The van der Waals surface area contributed by atoms with E-state index in [-0.39, 0.29) is 5.91 Å². The van der Waals surface area contributed by atoms with Crippen LogP contribution in [0.4, 0.5) is 0 Å². The highest BCUT2D eigenvalue weighted by Crippen LogP contribution is 2.08. The lowest BCUT2D eigenvalue weighted by Crippen LogP contribution is -2.29. The molecule has 1 heterocycles. The molecule has 1 rings (SSSR count). The van der Waals surface area contributed by atoms with E-state index in [0.717, 1.165) is 13.0 Å². The third-order valence-electron chi connectivity index (χ3n) is 2.01. The van der Waals surface area contributed by atoms with E-state index in [1.807, 2.05) is 12.3 Å². The van der Waals surface area contributed by atoms with Gasteiger partial charge in [-0.05, 0) is 12.5 Å². The van der Waals surface area contributed by atoms with Crippen molar-refractivity contribution >= 4 is 5.91 Å². The number of carbonyl (C=O) groups excluding carboxylic acids is 1. The molecule has 1 aromatic heterocycles. The Balaban J connectivity index is 2.19. The molecule has 0 atom stereocenters. The Morgan fingerprint density at radius 2 is 2.18 bits per heavy atom. The summed E-state index contributed by atoms with van der Waals surface area (Å²) in [5.74, 6) is 5.19. The number of nitrogens with two attached hydrogens (primary N) is 1. The number of nitrogen functional groups attached to an aromatic ring is 1. The zero-order valence-electron chi connectivity index (χ0n) is 9.90. The van der Waals surface area contributed by atoms with Crippen LogP contribution in [-0.2, 0) is 16.1 Å². The fraction of sp³-hybridized carbons (Fsp3) is 0.545. The summed E-state index contributed by atoms with van der Waals surface area (Å²) >= 11 is 0. The second-order valence-corrected chi connectivity index (χ2v) is 3.44. The molecular formula is C11H18N2O4. The second kappa shape index (κ2) is 7.83. The first-order valence-electron chi connectivity index (χ1n) is 5.51. The molecule has 96 valence electrons. The Hall–Kier alpha value is -1.37. The van der Waals surface area contributed by atoms with Gasteiger partial charge >= 0.3 is 0 Å². The molecule has 0 aromatic carbocycles. The van der Waals surface area contributed by atoms with E-state index >= 15 is 0 Å². The summed E-state index contributed by atoms with van der Waals surface area (Å²) in [6.07, 6.45) is 2.34. The number of nitrogens with one attached hydrogen (secondary N) is 1. The number of amides is 1. The van der Waals surface area contributed by atoms with Crippen molar-refractivity contribution in [2.75, 3.05) is 19.8 Å². The zero-order chi connectivity index (χ0) is 12.5. The topological polar surface area (TPSA) is 86.7 Å². The van der Waals surface area contributed by atoms with Gasteiger partial charge in [-0.2, -0.15) is 0 Å². The molecule has 6 heteroatoms. The number of carbonyl (C=O) groups is 1. The number of hydrazine groups is 1. The Kier molecular flexibility index (Phi) is 6.31. The predicted molar refractivity (Wildman–Crippen MR) is 61.1 cm³/mol. The van der Waals surface area contributed by atoms with Gasteiger partial charge in [0, 0.05) is 6.61 Å². The van der Waals surface area contributed by atoms with E-state index in [4.69, 9.17) is 19.7 Å². The van der Waals surface area contributed by atoms with E-state index in [1.165, 1.54) is 6.26 Å². The molecule has 0 fully saturated rings. The van der Waals surface area contributed by atoms with Crippen LogP contribution in [0, 0.1) is 0 Å².